The van der Waals surface area contributed by atoms with Crippen molar-refractivity contribution in [3.63, 3.8) is 0 Å². The van der Waals surface area contributed by atoms with Crippen LogP contribution in [-0.2, 0) is 4.74 Å². The van der Waals surface area contributed by atoms with Gasteiger partial charge < -0.3 is 10.1 Å². The molecule has 2 fully saturated rings. The lowest BCUT2D eigenvalue weighted by Gasteiger charge is -2.41. The second-order valence-corrected chi connectivity index (χ2v) is 6.09. The summed E-state index contributed by atoms with van der Waals surface area (Å²) in [6.45, 7) is 11.2. The Kier molecular flexibility index (Phi) is 5.46. The van der Waals surface area contributed by atoms with Gasteiger partial charge in [-0.15, -0.1) is 0 Å². The largest absolute Gasteiger partial charge is 0.381 e. The third-order valence-corrected chi connectivity index (χ3v) is 4.42. The molecule has 2 rings (SSSR count). The molecule has 0 bridgehead atoms. The first-order valence-electron chi connectivity index (χ1n) is 7.82. The normalized spacial score (nSPS) is 23.5. The van der Waals surface area contributed by atoms with Crippen LogP contribution in [0.2, 0.25) is 0 Å². The monoisotopic (exact) mass is 254 g/mol. The Morgan fingerprint density at radius 2 is 1.94 bits per heavy atom. The molecule has 0 amide bonds. The van der Waals surface area contributed by atoms with E-state index < -0.39 is 0 Å². The van der Waals surface area contributed by atoms with Gasteiger partial charge in [-0.05, 0) is 50.6 Å². The van der Waals surface area contributed by atoms with E-state index in [2.05, 4.69) is 24.1 Å². The quantitative estimate of drug-likeness (QED) is 0.719. The van der Waals surface area contributed by atoms with Crippen LogP contribution in [0.3, 0.4) is 0 Å². The second-order valence-electron chi connectivity index (χ2n) is 6.09. The van der Waals surface area contributed by atoms with Gasteiger partial charge >= 0.3 is 0 Å². The van der Waals surface area contributed by atoms with Crippen LogP contribution >= 0.6 is 0 Å². The van der Waals surface area contributed by atoms with E-state index in [0.717, 1.165) is 25.8 Å². The third-order valence-electron chi connectivity index (χ3n) is 4.42. The van der Waals surface area contributed by atoms with Crippen LogP contribution < -0.4 is 5.32 Å². The maximum Gasteiger partial charge on any atom is 0.0472 e. The molecule has 0 aromatic rings. The number of hydrogen-bond acceptors (Lipinski definition) is 3. The van der Waals surface area contributed by atoms with Crippen molar-refractivity contribution < 1.29 is 4.74 Å². The Morgan fingerprint density at radius 3 is 2.50 bits per heavy atom. The van der Waals surface area contributed by atoms with Crippen LogP contribution in [0, 0.1) is 5.41 Å². The molecular formula is C15H30N2O. The molecule has 18 heavy (non-hydrogen) atoms. The summed E-state index contributed by atoms with van der Waals surface area (Å²) in [6, 6.07) is 0.895. The molecule has 1 saturated heterocycles. The minimum atomic E-state index is 0.464. The van der Waals surface area contributed by atoms with E-state index in [4.69, 9.17) is 4.74 Å². The van der Waals surface area contributed by atoms with Crippen molar-refractivity contribution in [2.45, 2.75) is 52.0 Å². The Labute approximate surface area is 112 Å². The van der Waals surface area contributed by atoms with Crippen LogP contribution in [0.15, 0.2) is 0 Å². The first-order valence-corrected chi connectivity index (χ1v) is 7.82. The maximum atomic E-state index is 5.58. The predicted octanol–water partition coefficient (Wildman–Crippen LogP) is 2.27. The lowest BCUT2D eigenvalue weighted by Crippen LogP contribution is -2.48. The molecule has 1 heterocycles. The Morgan fingerprint density at radius 1 is 1.22 bits per heavy atom. The van der Waals surface area contributed by atoms with Crippen molar-refractivity contribution in [2.24, 2.45) is 5.41 Å². The van der Waals surface area contributed by atoms with Gasteiger partial charge in [-0.1, -0.05) is 13.8 Å². The summed E-state index contributed by atoms with van der Waals surface area (Å²) in [5.41, 5.74) is 0.464. The first-order chi connectivity index (χ1) is 8.79. The van der Waals surface area contributed by atoms with E-state index in [1.807, 2.05) is 0 Å². The van der Waals surface area contributed by atoms with Crippen molar-refractivity contribution in [3.8, 4) is 0 Å². The number of rotatable bonds is 8. The third kappa shape index (κ3) is 3.94. The molecule has 2 aliphatic rings. The molecule has 3 heteroatoms. The molecule has 0 aromatic carbocycles. The summed E-state index contributed by atoms with van der Waals surface area (Å²) in [7, 11) is 0. The molecular weight excluding hydrogens is 224 g/mol. The van der Waals surface area contributed by atoms with Gasteiger partial charge in [0.15, 0.2) is 0 Å². The van der Waals surface area contributed by atoms with Crippen molar-refractivity contribution in [1.29, 1.82) is 0 Å². The SMILES string of the molecule is CCCN(CC1(CNCC)CCOCC1)C1CC1. The zero-order valence-corrected chi connectivity index (χ0v) is 12.2. The first kappa shape index (κ1) is 14.3. The lowest BCUT2D eigenvalue weighted by atomic mass is 9.79. The highest BCUT2D eigenvalue weighted by Crippen LogP contribution is 2.35. The van der Waals surface area contributed by atoms with Crippen molar-refractivity contribution in [1.82, 2.24) is 10.2 Å². The molecule has 0 aromatic heterocycles. The number of nitrogens with zero attached hydrogens (tertiary/aromatic N) is 1. The zero-order chi connectivity index (χ0) is 12.8. The van der Waals surface area contributed by atoms with Crippen molar-refractivity contribution >= 4 is 0 Å². The fourth-order valence-electron chi connectivity index (χ4n) is 3.13. The molecule has 1 N–H and O–H groups in total. The molecule has 3 nitrogen and oxygen atoms in total. The van der Waals surface area contributed by atoms with Gasteiger partial charge in [-0.25, -0.2) is 0 Å². The molecule has 1 saturated carbocycles. The average molecular weight is 254 g/mol. The van der Waals surface area contributed by atoms with Crippen LogP contribution in [0.5, 0.6) is 0 Å². The van der Waals surface area contributed by atoms with Gasteiger partial charge in [-0.2, -0.15) is 0 Å². The Hall–Kier alpha value is -0.120. The summed E-state index contributed by atoms with van der Waals surface area (Å²) >= 11 is 0. The van der Waals surface area contributed by atoms with Crippen molar-refractivity contribution in [2.75, 3.05) is 39.4 Å². The van der Waals surface area contributed by atoms with Gasteiger partial charge in [0.05, 0.1) is 0 Å². The van der Waals surface area contributed by atoms with E-state index >= 15 is 0 Å². The minimum Gasteiger partial charge on any atom is -0.381 e. The second kappa shape index (κ2) is 6.88. The van der Waals surface area contributed by atoms with E-state index in [-0.39, 0.29) is 0 Å². The fraction of sp³-hybridized carbons (Fsp3) is 1.00. The van der Waals surface area contributed by atoms with Crippen LogP contribution in [-0.4, -0.2) is 50.3 Å². The molecule has 1 aliphatic carbocycles. The zero-order valence-electron chi connectivity index (χ0n) is 12.2. The van der Waals surface area contributed by atoms with Gasteiger partial charge in [0, 0.05) is 32.3 Å². The van der Waals surface area contributed by atoms with E-state index in [0.29, 0.717) is 5.41 Å². The fourth-order valence-corrected chi connectivity index (χ4v) is 3.13. The highest BCUT2D eigenvalue weighted by Gasteiger charge is 2.38. The Balaban J connectivity index is 1.93. The van der Waals surface area contributed by atoms with E-state index in [9.17, 15) is 0 Å². The lowest BCUT2D eigenvalue weighted by molar-refractivity contribution is -0.00561. The van der Waals surface area contributed by atoms with Crippen LogP contribution in [0.25, 0.3) is 0 Å². The average Bonchev–Trinajstić information content (AvgIpc) is 3.22. The molecule has 0 atom stereocenters. The molecule has 1 aliphatic heterocycles. The summed E-state index contributed by atoms with van der Waals surface area (Å²) in [4.78, 5) is 2.75. The number of ether oxygens (including phenoxy) is 1. The highest BCUT2D eigenvalue weighted by molar-refractivity contribution is 4.92. The smallest absolute Gasteiger partial charge is 0.0472 e. The predicted molar refractivity (Wildman–Crippen MR) is 75.9 cm³/mol. The number of hydrogen-bond donors (Lipinski definition) is 1. The Bertz CT molecular complexity index is 235. The van der Waals surface area contributed by atoms with Gasteiger partial charge in [0.2, 0.25) is 0 Å². The summed E-state index contributed by atoms with van der Waals surface area (Å²) in [6.07, 6.45) is 6.59. The van der Waals surface area contributed by atoms with Crippen LogP contribution in [0.4, 0.5) is 0 Å². The topological polar surface area (TPSA) is 24.5 Å². The molecule has 106 valence electrons. The van der Waals surface area contributed by atoms with Gasteiger partial charge in [0.1, 0.15) is 0 Å². The maximum absolute atomic E-state index is 5.58. The highest BCUT2D eigenvalue weighted by atomic mass is 16.5. The molecule has 0 spiro atoms. The standard InChI is InChI=1S/C15H30N2O/c1-3-9-17(14-5-6-14)13-15(12-16-4-2)7-10-18-11-8-15/h14,16H,3-13H2,1-2H3. The van der Waals surface area contributed by atoms with Gasteiger partial charge in [-0.3, -0.25) is 4.90 Å². The van der Waals surface area contributed by atoms with Crippen LogP contribution in [0.1, 0.15) is 46.0 Å². The van der Waals surface area contributed by atoms with Crippen molar-refractivity contribution in [3.05, 3.63) is 0 Å². The van der Waals surface area contributed by atoms with Gasteiger partial charge in [0.25, 0.3) is 0 Å². The minimum absolute atomic E-state index is 0.464. The van der Waals surface area contributed by atoms with E-state index in [1.165, 1.54) is 51.7 Å². The molecule has 0 unspecified atom stereocenters. The summed E-state index contributed by atoms with van der Waals surface area (Å²) in [5, 5.41) is 3.58. The molecule has 0 radical (unpaired) electrons. The number of nitrogens with one attached hydrogen (secondary N) is 1. The summed E-state index contributed by atoms with van der Waals surface area (Å²) < 4.78 is 5.58. The summed E-state index contributed by atoms with van der Waals surface area (Å²) in [5.74, 6) is 0. The van der Waals surface area contributed by atoms with E-state index in [1.54, 1.807) is 0 Å².